The van der Waals surface area contributed by atoms with Crippen LogP contribution in [0.25, 0.3) is 21.9 Å². The zero-order chi connectivity index (χ0) is 25.2. The van der Waals surface area contributed by atoms with Crippen molar-refractivity contribution in [1.82, 2.24) is 14.6 Å². The predicted octanol–water partition coefficient (Wildman–Crippen LogP) is 3.13. The van der Waals surface area contributed by atoms with Crippen molar-refractivity contribution in [3.8, 4) is 17.1 Å². The Bertz CT molecular complexity index is 1560. The van der Waals surface area contributed by atoms with E-state index in [0.717, 1.165) is 35.5 Å². The molecule has 0 saturated carbocycles. The number of hydrogen-bond acceptors (Lipinski definition) is 7. The van der Waals surface area contributed by atoms with Crippen molar-refractivity contribution in [1.29, 1.82) is 0 Å². The van der Waals surface area contributed by atoms with Crippen molar-refractivity contribution in [2.45, 2.75) is 32.6 Å². The molecule has 0 aliphatic carbocycles. The Hall–Kier alpha value is -4.05. The molecule has 1 amide bonds. The molecule has 2 aromatic carbocycles. The second-order valence-corrected chi connectivity index (χ2v) is 9.45. The number of para-hydroxylation sites is 1. The molecular weight excluding hydrogens is 480 g/mol. The van der Waals surface area contributed by atoms with Crippen LogP contribution in [-0.4, -0.2) is 44.7 Å². The van der Waals surface area contributed by atoms with Gasteiger partial charge in [0.2, 0.25) is 4.96 Å². The van der Waals surface area contributed by atoms with E-state index in [0.29, 0.717) is 28.6 Å². The summed E-state index contributed by atoms with van der Waals surface area (Å²) in [7, 11) is 0. The number of carboxylic acids is 1. The summed E-state index contributed by atoms with van der Waals surface area (Å²) in [6.07, 6.45) is 4.55. The number of nitrogens with zero attached hydrogens (tertiary/aromatic N) is 4. The van der Waals surface area contributed by atoms with Crippen molar-refractivity contribution in [2.24, 2.45) is 0 Å². The van der Waals surface area contributed by atoms with Crippen LogP contribution in [0.5, 0.6) is 5.75 Å². The highest BCUT2D eigenvalue weighted by molar-refractivity contribution is 7.15. The van der Waals surface area contributed by atoms with Gasteiger partial charge in [0.15, 0.2) is 5.82 Å². The molecule has 0 fully saturated rings. The first-order chi connectivity index (χ1) is 17.5. The lowest BCUT2D eigenvalue weighted by Gasteiger charge is -2.13. The number of aliphatic carboxylic acids is 1. The second kappa shape index (κ2) is 9.90. The van der Waals surface area contributed by atoms with Crippen LogP contribution in [0.1, 0.15) is 38.2 Å². The quantitative estimate of drug-likeness (QED) is 0.348. The van der Waals surface area contributed by atoms with Crippen LogP contribution in [0, 0.1) is 0 Å². The molecule has 0 spiro atoms. The van der Waals surface area contributed by atoms with Gasteiger partial charge in [-0.05, 0) is 36.8 Å². The van der Waals surface area contributed by atoms with Crippen LogP contribution in [0.15, 0.2) is 53.3 Å². The van der Waals surface area contributed by atoms with E-state index >= 15 is 0 Å². The van der Waals surface area contributed by atoms with Crippen LogP contribution >= 0.6 is 11.3 Å². The molecule has 0 saturated heterocycles. The number of carboxylic acid groups (broad SMARTS) is 1. The molecule has 4 aromatic rings. The minimum atomic E-state index is -1.14. The number of thiazole rings is 1. The third-order valence-corrected chi connectivity index (χ3v) is 7.01. The van der Waals surface area contributed by atoms with Gasteiger partial charge in [-0.2, -0.15) is 9.50 Å². The van der Waals surface area contributed by atoms with E-state index in [2.05, 4.69) is 17.0 Å². The number of rotatable bonds is 9. The zero-order valence-electron chi connectivity index (χ0n) is 19.6. The fourth-order valence-corrected chi connectivity index (χ4v) is 5.22. The number of benzene rings is 2. The predicted molar refractivity (Wildman–Crippen MR) is 136 cm³/mol. The smallest absolute Gasteiger partial charge is 0.323 e. The Morgan fingerprint density at radius 1 is 1.06 bits per heavy atom. The van der Waals surface area contributed by atoms with Gasteiger partial charge in [-0.15, -0.1) is 5.10 Å². The summed E-state index contributed by atoms with van der Waals surface area (Å²) in [5.74, 6) is -0.494. The maximum absolute atomic E-state index is 13.2. The van der Waals surface area contributed by atoms with E-state index in [4.69, 9.17) is 4.74 Å². The molecule has 36 heavy (non-hydrogen) atoms. The van der Waals surface area contributed by atoms with Gasteiger partial charge in [0, 0.05) is 11.1 Å². The fourth-order valence-electron chi connectivity index (χ4n) is 4.22. The number of unbranched alkanes of at least 4 members (excludes halogenated alkanes) is 3. The average Bonchev–Trinajstić information content (AvgIpc) is 3.50. The van der Waals surface area contributed by atoms with Crippen LogP contribution in [0.3, 0.4) is 0 Å². The molecule has 0 radical (unpaired) electrons. The molecule has 1 N–H and O–H groups in total. The zero-order valence-corrected chi connectivity index (χ0v) is 20.5. The number of carbonyl (C=O) groups excluding carboxylic acids is 1. The molecule has 10 heteroatoms. The van der Waals surface area contributed by atoms with Crippen molar-refractivity contribution < 1.29 is 19.4 Å². The molecule has 0 atom stereocenters. The standard InChI is InChI=1S/C26H24N4O5S/c1-2-3-4-7-14-35-17-12-10-16(11-13-17)23-27-26-30(28-23)25(34)22(36-26)21-18-8-5-6-9-19(18)29(24(21)33)15-20(31)32/h5-6,8-13H,2-4,7,14-15H2,1H3,(H,31,32)/b22-21-. The second-order valence-electron chi connectivity index (χ2n) is 8.48. The summed E-state index contributed by atoms with van der Waals surface area (Å²) in [5, 5.41) is 13.6. The van der Waals surface area contributed by atoms with Crippen LogP contribution in [0.2, 0.25) is 0 Å². The molecule has 1 aliphatic rings. The molecule has 0 bridgehead atoms. The third-order valence-electron chi connectivity index (χ3n) is 5.98. The number of ether oxygens (including phenoxy) is 1. The lowest BCUT2D eigenvalue weighted by molar-refractivity contribution is -0.136. The van der Waals surface area contributed by atoms with Gasteiger partial charge in [-0.25, -0.2) is 0 Å². The van der Waals surface area contributed by atoms with Gasteiger partial charge in [0.25, 0.3) is 11.5 Å². The van der Waals surface area contributed by atoms with Gasteiger partial charge in [-0.3, -0.25) is 19.3 Å². The number of anilines is 1. The highest BCUT2D eigenvalue weighted by Crippen LogP contribution is 2.35. The first-order valence-electron chi connectivity index (χ1n) is 11.8. The monoisotopic (exact) mass is 504 g/mol. The van der Waals surface area contributed by atoms with E-state index in [1.807, 2.05) is 24.3 Å². The van der Waals surface area contributed by atoms with E-state index < -0.39 is 24.0 Å². The third kappa shape index (κ3) is 4.35. The Morgan fingerprint density at radius 3 is 2.56 bits per heavy atom. The maximum atomic E-state index is 13.2. The van der Waals surface area contributed by atoms with Crippen LogP contribution in [-0.2, 0) is 9.59 Å². The SMILES string of the molecule is CCCCCCOc1ccc(-c2nc3s/c(=C4\C(=O)N(CC(=O)O)c5ccccc54)c(=O)n3n2)cc1. The van der Waals surface area contributed by atoms with Gasteiger partial charge < -0.3 is 9.84 Å². The van der Waals surface area contributed by atoms with Crippen molar-refractivity contribution in [3.63, 3.8) is 0 Å². The van der Waals surface area contributed by atoms with Gasteiger partial charge in [0.1, 0.15) is 16.8 Å². The van der Waals surface area contributed by atoms with Crippen molar-refractivity contribution in [2.75, 3.05) is 18.1 Å². The number of carbonyl (C=O) groups is 2. The first kappa shape index (κ1) is 23.7. The van der Waals surface area contributed by atoms with E-state index in [9.17, 15) is 19.5 Å². The lowest BCUT2D eigenvalue weighted by atomic mass is 10.1. The Morgan fingerprint density at radius 2 is 1.83 bits per heavy atom. The minimum Gasteiger partial charge on any atom is -0.494 e. The largest absolute Gasteiger partial charge is 0.494 e. The number of aromatic nitrogens is 3. The average molecular weight is 505 g/mol. The van der Waals surface area contributed by atoms with E-state index in [1.165, 1.54) is 22.3 Å². The van der Waals surface area contributed by atoms with Gasteiger partial charge in [-0.1, -0.05) is 55.7 Å². The van der Waals surface area contributed by atoms with Crippen LogP contribution in [0.4, 0.5) is 5.69 Å². The topological polar surface area (TPSA) is 114 Å². The molecule has 184 valence electrons. The number of hydrogen-bond donors (Lipinski definition) is 1. The molecule has 9 nitrogen and oxygen atoms in total. The Kier molecular flexibility index (Phi) is 6.51. The fraction of sp³-hybridized carbons (Fsp3) is 0.269. The normalized spacial score (nSPS) is 14.5. The van der Waals surface area contributed by atoms with Crippen molar-refractivity contribution in [3.05, 3.63) is 69.0 Å². The first-order valence-corrected chi connectivity index (χ1v) is 12.6. The Balaban J connectivity index is 1.45. The summed E-state index contributed by atoms with van der Waals surface area (Å²) >= 11 is 1.07. The summed E-state index contributed by atoms with van der Waals surface area (Å²) in [4.78, 5) is 43.7. The molecule has 2 aromatic heterocycles. The number of amides is 1. The van der Waals surface area contributed by atoms with Gasteiger partial charge in [0.05, 0.1) is 17.9 Å². The molecule has 0 unspecified atom stereocenters. The Labute approximate surface area is 210 Å². The molecule has 1 aliphatic heterocycles. The molecule has 3 heterocycles. The summed E-state index contributed by atoms with van der Waals surface area (Å²) < 4.78 is 7.16. The summed E-state index contributed by atoms with van der Waals surface area (Å²) in [6.45, 7) is 2.36. The van der Waals surface area contributed by atoms with Gasteiger partial charge >= 0.3 is 5.97 Å². The lowest BCUT2D eigenvalue weighted by Crippen LogP contribution is -2.35. The van der Waals surface area contributed by atoms with Crippen molar-refractivity contribution >= 4 is 39.4 Å². The van der Waals surface area contributed by atoms with Crippen LogP contribution < -0.4 is 19.7 Å². The minimum absolute atomic E-state index is 0.177. The summed E-state index contributed by atoms with van der Waals surface area (Å²) in [5.41, 5.74) is 1.45. The highest BCUT2D eigenvalue weighted by atomic mass is 32.1. The van der Waals surface area contributed by atoms with E-state index in [-0.39, 0.29) is 10.1 Å². The highest BCUT2D eigenvalue weighted by Gasteiger charge is 2.35. The maximum Gasteiger partial charge on any atom is 0.323 e. The molecular formula is C26H24N4O5S. The summed E-state index contributed by atoms with van der Waals surface area (Å²) in [6, 6.07) is 14.3. The number of fused-ring (bicyclic) bond motifs is 2. The van der Waals surface area contributed by atoms with E-state index in [1.54, 1.807) is 24.3 Å². The molecule has 5 rings (SSSR count).